The summed E-state index contributed by atoms with van der Waals surface area (Å²) in [7, 11) is 0. The molecule has 0 spiro atoms. The molecular formula is C15H17F2NO5. The molecule has 6 nitrogen and oxygen atoms in total. The van der Waals surface area contributed by atoms with Crippen molar-refractivity contribution in [2.45, 2.75) is 33.2 Å². The van der Waals surface area contributed by atoms with Crippen LogP contribution >= 0.6 is 0 Å². The Morgan fingerprint density at radius 3 is 2.52 bits per heavy atom. The number of nitrogens with one attached hydrogen (secondary N) is 1. The molecule has 0 unspecified atom stereocenters. The third-order valence-corrected chi connectivity index (χ3v) is 2.83. The Morgan fingerprint density at radius 2 is 1.91 bits per heavy atom. The average Bonchev–Trinajstić information content (AvgIpc) is 2.46. The van der Waals surface area contributed by atoms with E-state index in [-0.39, 0.29) is 36.6 Å². The van der Waals surface area contributed by atoms with Gasteiger partial charge in [0, 0.05) is 24.6 Å². The Morgan fingerprint density at radius 1 is 1.22 bits per heavy atom. The minimum Gasteiger partial charge on any atom is -0.434 e. The van der Waals surface area contributed by atoms with Crippen molar-refractivity contribution in [3.8, 4) is 0 Å². The molecule has 126 valence electrons. The first kappa shape index (κ1) is 18.5. The van der Waals surface area contributed by atoms with Gasteiger partial charge in [-0.15, -0.1) is 0 Å². The molecule has 0 aromatic heterocycles. The standard InChI is InChI=1S/C15H17F2NO5/c1-3-22-15(21)23-13(20)7-5-11-12(16)6-4-10(14(11)17)8-18-9(2)19/h4,6H,3,5,7-8H2,1-2H3,(H,18,19). The lowest BCUT2D eigenvalue weighted by Crippen LogP contribution is -2.20. The van der Waals surface area contributed by atoms with E-state index in [1.54, 1.807) is 0 Å². The number of carbonyl (C=O) groups is 3. The van der Waals surface area contributed by atoms with Gasteiger partial charge in [-0.25, -0.2) is 13.6 Å². The Kier molecular flexibility index (Phi) is 7.11. The van der Waals surface area contributed by atoms with E-state index in [1.807, 2.05) is 0 Å². The summed E-state index contributed by atoms with van der Waals surface area (Å²) < 4.78 is 36.6. The fourth-order valence-corrected chi connectivity index (χ4v) is 1.75. The highest BCUT2D eigenvalue weighted by Crippen LogP contribution is 2.19. The van der Waals surface area contributed by atoms with Crippen LogP contribution in [-0.2, 0) is 32.0 Å². The first-order valence-corrected chi connectivity index (χ1v) is 6.92. The summed E-state index contributed by atoms with van der Waals surface area (Å²) in [4.78, 5) is 33.2. The molecule has 1 amide bonds. The van der Waals surface area contributed by atoms with Crippen molar-refractivity contribution in [1.29, 1.82) is 0 Å². The normalized spacial score (nSPS) is 10.1. The highest BCUT2D eigenvalue weighted by Gasteiger charge is 2.17. The van der Waals surface area contributed by atoms with E-state index in [9.17, 15) is 23.2 Å². The van der Waals surface area contributed by atoms with E-state index < -0.39 is 30.2 Å². The maximum atomic E-state index is 14.2. The SMILES string of the molecule is CCOC(=O)OC(=O)CCc1c(F)ccc(CNC(C)=O)c1F. The quantitative estimate of drug-likeness (QED) is 0.639. The van der Waals surface area contributed by atoms with E-state index in [4.69, 9.17) is 0 Å². The molecule has 0 fully saturated rings. The average molecular weight is 329 g/mol. The van der Waals surface area contributed by atoms with Crippen LogP contribution in [0.25, 0.3) is 0 Å². The van der Waals surface area contributed by atoms with Gasteiger partial charge >= 0.3 is 12.1 Å². The number of hydrogen-bond donors (Lipinski definition) is 1. The minimum atomic E-state index is -1.15. The van der Waals surface area contributed by atoms with Crippen LogP contribution in [0.5, 0.6) is 0 Å². The maximum absolute atomic E-state index is 14.2. The van der Waals surface area contributed by atoms with Crippen LogP contribution in [0.4, 0.5) is 13.6 Å². The summed E-state index contributed by atoms with van der Waals surface area (Å²) in [5.74, 6) is -2.97. The summed E-state index contributed by atoms with van der Waals surface area (Å²) in [6.45, 7) is 2.76. The Labute approximate surface area is 131 Å². The van der Waals surface area contributed by atoms with Crippen molar-refractivity contribution in [2.24, 2.45) is 0 Å². The molecule has 23 heavy (non-hydrogen) atoms. The molecule has 0 atom stereocenters. The fraction of sp³-hybridized carbons (Fsp3) is 0.400. The molecule has 1 rings (SSSR count). The van der Waals surface area contributed by atoms with Crippen LogP contribution < -0.4 is 5.32 Å². The van der Waals surface area contributed by atoms with Crippen molar-refractivity contribution in [3.63, 3.8) is 0 Å². The summed E-state index contributed by atoms with van der Waals surface area (Å²) in [5.41, 5.74) is -0.218. The van der Waals surface area contributed by atoms with Crippen LogP contribution in [-0.4, -0.2) is 24.6 Å². The monoisotopic (exact) mass is 329 g/mol. The maximum Gasteiger partial charge on any atom is 0.516 e. The lowest BCUT2D eigenvalue weighted by atomic mass is 10.0. The van der Waals surface area contributed by atoms with E-state index in [0.29, 0.717) is 0 Å². The van der Waals surface area contributed by atoms with Gasteiger partial charge in [-0.1, -0.05) is 6.07 Å². The number of hydrogen-bond acceptors (Lipinski definition) is 5. The fourth-order valence-electron chi connectivity index (χ4n) is 1.75. The third-order valence-electron chi connectivity index (χ3n) is 2.83. The second-order valence-corrected chi connectivity index (χ2v) is 4.57. The van der Waals surface area contributed by atoms with Gasteiger partial charge in [0.25, 0.3) is 0 Å². The van der Waals surface area contributed by atoms with Crippen molar-refractivity contribution < 1.29 is 32.6 Å². The van der Waals surface area contributed by atoms with Crippen molar-refractivity contribution >= 4 is 18.0 Å². The first-order chi connectivity index (χ1) is 10.8. The molecule has 0 saturated carbocycles. The summed E-state index contributed by atoms with van der Waals surface area (Å²) in [5, 5.41) is 2.40. The molecule has 1 aromatic rings. The van der Waals surface area contributed by atoms with Crippen molar-refractivity contribution in [2.75, 3.05) is 6.61 Å². The zero-order chi connectivity index (χ0) is 17.4. The lowest BCUT2D eigenvalue weighted by molar-refractivity contribution is -0.139. The van der Waals surface area contributed by atoms with Crippen LogP contribution in [0.15, 0.2) is 12.1 Å². The Hall–Kier alpha value is -2.51. The van der Waals surface area contributed by atoms with Crippen LogP contribution in [0.1, 0.15) is 31.4 Å². The molecule has 8 heteroatoms. The van der Waals surface area contributed by atoms with Gasteiger partial charge in [0.1, 0.15) is 11.6 Å². The molecule has 1 aromatic carbocycles. The predicted molar refractivity (Wildman–Crippen MR) is 75.3 cm³/mol. The molecule has 0 heterocycles. The zero-order valence-corrected chi connectivity index (χ0v) is 12.8. The number of ether oxygens (including phenoxy) is 2. The summed E-state index contributed by atoms with van der Waals surface area (Å²) in [6.07, 6.45) is -1.84. The number of rotatable bonds is 6. The molecular weight excluding hydrogens is 312 g/mol. The number of halogens is 2. The highest BCUT2D eigenvalue weighted by molar-refractivity contribution is 5.81. The number of carbonyl (C=O) groups excluding carboxylic acids is 3. The Bertz CT molecular complexity index is 604. The smallest absolute Gasteiger partial charge is 0.434 e. The number of benzene rings is 1. The van der Waals surface area contributed by atoms with Gasteiger partial charge in [0.2, 0.25) is 5.91 Å². The van der Waals surface area contributed by atoms with Gasteiger partial charge in [-0.2, -0.15) is 0 Å². The van der Waals surface area contributed by atoms with E-state index >= 15 is 0 Å². The van der Waals surface area contributed by atoms with Gasteiger partial charge in [0.05, 0.1) is 13.0 Å². The topological polar surface area (TPSA) is 81.7 Å². The molecule has 1 N–H and O–H groups in total. The molecule has 0 aliphatic heterocycles. The predicted octanol–water partition coefficient (Wildman–Crippen LogP) is 2.23. The van der Waals surface area contributed by atoms with Crippen molar-refractivity contribution in [1.82, 2.24) is 5.32 Å². The molecule has 0 radical (unpaired) electrons. The molecule has 0 aliphatic carbocycles. The molecule has 0 bridgehead atoms. The van der Waals surface area contributed by atoms with Gasteiger partial charge in [-0.3, -0.25) is 9.59 Å². The summed E-state index contributed by atoms with van der Waals surface area (Å²) >= 11 is 0. The largest absolute Gasteiger partial charge is 0.516 e. The zero-order valence-electron chi connectivity index (χ0n) is 12.8. The number of esters is 1. The molecule has 0 aliphatic rings. The molecule has 0 saturated heterocycles. The van der Waals surface area contributed by atoms with E-state index in [2.05, 4.69) is 14.8 Å². The first-order valence-electron chi connectivity index (χ1n) is 6.92. The van der Waals surface area contributed by atoms with Gasteiger partial charge in [0.15, 0.2) is 0 Å². The van der Waals surface area contributed by atoms with Crippen molar-refractivity contribution in [3.05, 3.63) is 34.9 Å². The van der Waals surface area contributed by atoms with Crippen LogP contribution in [0, 0.1) is 11.6 Å². The lowest BCUT2D eigenvalue weighted by Gasteiger charge is -2.10. The number of amides is 1. The Balaban J connectivity index is 2.72. The third kappa shape index (κ3) is 6.01. The van der Waals surface area contributed by atoms with Gasteiger partial charge < -0.3 is 14.8 Å². The second-order valence-electron chi connectivity index (χ2n) is 4.57. The van der Waals surface area contributed by atoms with E-state index in [0.717, 1.165) is 6.07 Å². The summed E-state index contributed by atoms with van der Waals surface area (Å²) in [6, 6.07) is 2.26. The van der Waals surface area contributed by atoms with E-state index in [1.165, 1.54) is 19.9 Å². The minimum absolute atomic E-state index is 0.0422. The van der Waals surface area contributed by atoms with Crippen LogP contribution in [0.2, 0.25) is 0 Å². The highest BCUT2D eigenvalue weighted by atomic mass is 19.1. The van der Waals surface area contributed by atoms with Crippen LogP contribution in [0.3, 0.4) is 0 Å². The van der Waals surface area contributed by atoms with Gasteiger partial charge in [-0.05, 0) is 19.4 Å². The second kappa shape index (κ2) is 8.82.